The maximum Gasteiger partial charge on any atom is 0.335 e. The number of carbonyl (C=O) groups is 2. The lowest BCUT2D eigenvalue weighted by molar-refractivity contribution is -0.118. The molecule has 0 radical (unpaired) electrons. The minimum absolute atomic E-state index is 0.0910. The van der Waals surface area contributed by atoms with Gasteiger partial charge in [0.15, 0.2) is 0 Å². The number of hydrogen-bond acceptors (Lipinski definition) is 3. The highest BCUT2D eigenvalue weighted by molar-refractivity contribution is 5.93. The van der Waals surface area contributed by atoms with Crippen molar-refractivity contribution < 1.29 is 19.8 Å². The van der Waals surface area contributed by atoms with Crippen molar-refractivity contribution in [2.75, 3.05) is 5.32 Å². The van der Waals surface area contributed by atoms with Crippen LogP contribution in [-0.4, -0.2) is 27.7 Å². The third kappa shape index (κ3) is 3.04. The number of nitrogens with one attached hydrogen (secondary N) is 1. The summed E-state index contributed by atoms with van der Waals surface area (Å²) in [6.07, 6.45) is 1.42. The van der Waals surface area contributed by atoms with Crippen LogP contribution in [0.4, 0.5) is 5.69 Å². The molecule has 1 aliphatic rings. The molecule has 5 nitrogen and oxygen atoms in total. The summed E-state index contributed by atoms with van der Waals surface area (Å²) in [5, 5.41) is 20.9. The Kier molecular flexibility index (Phi) is 2.85. The summed E-state index contributed by atoms with van der Waals surface area (Å²) in [5.41, 5.74) is -0.112. The van der Waals surface area contributed by atoms with Gasteiger partial charge >= 0.3 is 5.97 Å². The van der Waals surface area contributed by atoms with E-state index in [0.29, 0.717) is 18.5 Å². The molecule has 2 rings (SSSR count). The minimum Gasteiger partial charge on any atom is -0.478 e. The molecule has 0 saturated heterocycles. The SMILES string of the molecule is O=C(CC1(O)CC1)Nc1ccc(C(=O)O)cc1. The maximum absolute atomic E-state index is 11.5. The fraction of sp³-hybridized carbons (Fsp3) is 0.333. The predicted molar refractivity (Wildman–Crippen MR) is 60.8 cm³/mol. The van der Waals surface area contributed by atoms with E-state index in [-0.39, 0.29) is 17.9 Å². The molecule has 1 aromatic rings. The Morgan fingerprint density at radius 1 is 1.24 bits per heavy atom. The van der Waals surface area contributed by atoms with Crippen LogP contribution in [0.2, 0.25) is 0 Å². The van der Waals surface area contributed by atoms with Gasteiger partial charge in [0, 0.05) is 5.69 Å². The standard InChI is InChI=1S/C12H13NO4/c14-10(7-12(17)5-6-12)13-9-3-1-8(2-4-9)11(15)16/h1-4,17H,5-7H2,(H,13,14)(H,15,16). The first-order valence-corrected chi connectivity index (χ1v) is 5.34. The molecule has 1 fully saturated rings. The highest BCUT2D eigenvalue weighted by Crippen LogP contribution is 2.38. The number of rotatable bonds is 4. The van der Waals surface area contributed by atoms with Crippen LogP contribution in [0.15, 0.2) is 24.3 Å². The van der Waals surface area contributed by atoms with E-state index in [0.717, 1.165) is 0 Å². The molecule has 0 unspecified atom stereocenters. The van der Waals surface area contributed by atoms with Gasteiger partial charge in [0.2, 0.25) is 5.91 Å². The Labute approximate surface area is 98.1 Å². The summed E-state index contributed by atoms with van der Waals surface area (Å²) in [4.78, 5) is 22.1. The van der Waals surface area contributed by atoms with E-state index in [1.165, 1.54) is 24.3 Å². The second-order valence-corrected chi connectivity index (χ2v) is 4.33. The van der Waals surface area contributed by atoms with Gasteiger partial charge in [-0.25, -0.2) is 4.79 Å². The molecule has 17 heavy (non-hydrogen) atoms. The van der Waals surface area contributed by atoms with Crippen LogP contribution in [0, 0.1) is 0 Å². The van der Waals surface area contributed by atoms with Crippen molar-refractivity contribution in [3.05, 3.63) is 29.8 Å². The van der Waals surface area contributed by atoms with Gasteiger partial charge in [0.1, 0.15) is 0 Å². The molecule has 0 atom stereocenters. The number of anilines is 1. The summed E-state index contributed by atoms with van der Waals surface area (Å²) in [5.74, 6) is -1.26. The Bertz CT molecular complexity index is 448. The van der Waals surface area contributed by atoms with Crippen molar-refractivity contribution in [1.82, 2.24) is 0 Å². The van der Waals surface area contributed by atoms with Crippen molar-refractivity contribution in [3.63, 3.8) is 0 Å². The van der Waals surface area contributed by atoms with Gasteiger partial charge in [-0.3, -0.25) is 4.79 Å². The van der Waals surface area contributed by atoms with Gasteiger partial charge in [-0.1, -0.05) is 0 Å². The molecule has 0 heterocycles. The Hall–Kier alpha value is -1.88. The zero-order chi connectivity index (χ0) is 12.5. The minimum atomic E-state index is -1.00. The van der Waals surface area contributed by atoms with E-state index in [4.69, 9.17) is 5.11 Å². The van der Waals surface area contributed by atoms with Gasteiger partial charge in [-0.05, 0) is 37.1 Å². The molecule has 1 aliphatic carbocycles. The summed E-state index contributed by atoms with van der Waals surface area (Å²) in [6, 6.07) is 5.89. The molecule has 3 N–H and O–H groups in total. The van der Waals surface area contributed by atoms with E-state index < -0.39 is 11.6 Å². The molecule has 1 saturated carbocycles. The molecule has 0 aromatic heterocycles. The molecule has 0 spiro atoms. The maximum atomic E-state index is 11.5. The van der Waals surface area contributed by atoms with Gasteiger partial charge < -0.3 is 15.5 Å². The Morgan fingerprint density at radius 3 is 2.29 bits per heavy atom. The number of hydrogen-bond donors (Lipinski definition) is 3. The van der Waals surface area contributed by atoms with E-state index in [2.05, 4.69) is 5.32 Å². The number of benzene rings is 1. The van der Waals surface area contributed by atoms with E-state index in [1.807, 2.05) is 0 Å². The molecular formula is C12H13NO4. The van der Waals surface area contributed by atoms with Gasteiger partial charge in [0.25, 0.3) is 0 Å². The molecule has 0 aliphatic heterocycles. The van der Waals surface area contributed by atoms with E-state index in [9.17, 15) is 14.7 Å². The highest BCUT2D eigenvalue weighted by atomic mass is 16.4. The van der Waals surface area contributed by atoms with Gasteiger partial charge in [-0.15, -0.1) is 0 Å². The molecule has 1 amide bonds. The summed E-state index contributed by atoms with van der Waals surface area (Å²) in [6.45, 7) is 0. The van der Waals surface area contributed by atoms with Crippen molar-refractivity contribution in [2.24, 2.45) is 0 Å². The van der Waals surface area contributed by atoms with Crippen LogP contribution in [-0.2, 0) is 4.79 Å². The van der Waals surface area contributed by atoms with Crippen molar-refractivity contribution in [3.8, 4) is 0 Å². The predicted octanol–water partition coefficient (Wildman–Crippen LogP) is 1.24. The fourth-order valence-corrected chi connectivity index (χ4v) is 1.52. The van der Waals surface area contributed by atoms with Crippen molar-refractivity contribution >= 4 is 17.6 Å². The second-order valence-electron chi connectivity index (χ2n) is 4.33. The zero-order valence-electron chi connectivity index (χ0n) is 9.14. The summed E-state index contributed by atoms with van der Waals surface area (Å²) >= 11 is 0. The number of aromatic carboxylic acids is 1. The largest absolute Gasteiger partial charge is 0.478 e. The lowest BCUT2D eigenvalue weighted by atomic mass is 10.2. The van der Waals surface area contributed by atoms with Crippen LogP contribution in [0.3, 0.4) is 0 Å². The first-order valence-electron chi connectivity index (χ1n) is 5.34. The smallest absolute Gasteiger partial charge is 0.335 e. The fourth-order valence-electron chi connectivity index (χ4n) is 1.52. The quantitative estimate of drug-likeness (QED) is 0.732. The zero-order valence-corrected chi connectivity index (χ0v) is 9.14. The normalized spacial score (nSPS) is 16.3. The van der Waals surface area contributed by atoms with Crippen molar-refractivity contribution in [1.29, 1.82) is 0 Å². The molecule has 90 valence electrons. The Morgan fingerprint density at radius 2 is 1.82 bits per heavy atom. The third-order valence-corrected chi connectivity index (χ3v) is 2.73. The number of carbonyl (C=O) groups excluding carboxylic acids is 1. The molecule has 1 aromatic carbocycles. The number of carboxylic acids is 1. The lowest BCUT2D eigenvalue weighted by Crippen LogP contribution is -2.20. The summed E-state index contributed by atoms with van der Waals surface area (Å²) in [7, 11) is 0. The van der Waals surface area contributed by atoms with E-state index >= 15 is 0 Å². The molecule has 5 heteroatoms. The first kappa shape index (κ1) is 11.6. The average Bonchev–Trinajstić information content (AvgIpc) is 2.96. The summed E-state index contributed by atoms with van der Waals surface area (Å²) < 4.78 is 0. The third-order valence-electron chi connectivity index (χ3n) is 2.73. The first-order chi connectivity index (χ1) is 7.98. The highest BCUT2D eigenvalue weighted by Gasteiger charge is 2.42. The molecular weight excluding hydrogens is 222 g/mol. The number of carboxylic acid groups (broad SMARTS) is 1. The average molecular weight is 235 g/mol. The van der Waals surface area contributed by atoms with Crippen LogP contribution in [0.1, 0.15) is 29.6 Å². The lowest BCUT2D eigenvalue weighted by Gasteiger charge is -2.08. The topological polar surface area (TPSA) is 86.6 Å². The van der Waals surface area contributed by atoms with Gasteiger partial charge in [0.05, 0.1) is 17.6 Å². The van der Waals surface area contributed by atoms with Crippen LogP contribution < -0.4 is 5.32 Å². The number of amides is 1. The van der Waals surface area contributed by atoms with Gasteiger partial charge in [-0.2, -0.15) is 0 Å². The van der Waals surface area contributed by atoms with Crippen LogP contribution >= 0.6 is 0 Å². The number of aliphatic hydroxyl groups is 1. The Balaban J connectivity index is 1.94. The van der Waals surface area contributed by atoms with Crippen molar-refractivity contribution in [2.45, 2.75) is 24.9 Å². The second kappa shape index (κ2) is 4.18. The molecule has 0 bridgehead atoms. The van der Waals surface area contributed by atoms with E-state index in [1.54, 1.807) is 0 Å². The van der Waals surface area contributed by atoms with Crippen LogP contribution in [0.25, 0.3) is 0 Å². The monoisotopic (exact) mass is 235 g/mol. The van der Waals surface area contributed by atoms with Crippen LogP contribution in [0.5, 0.6) is 0 Å².